The van der Waals surface area contributed by atoms with Gasteiger partial charge in [0.05, 0.1) is 5.56 Å². The smallest absolute Gasteiger partial charge is 0.164 e. The quantitative estimate of drug-likeness (QED) is 0.779. The van der Waals surface area contributed by atoms with E-state index < -0.39 is 5.82 Å². The van der Waals surface area contributed by atoms with Crippen LogP contribution in [0.2, 0.25) is 5.02 Å². The van der Waals surface area contributed by atoms with Crippen LogP contribution >= 0.6 is 11.6 Å². The van der Waals surface area contributed by atoms with Crippen LogP contribution in [0.3, 0.4) is 0 Å². The van der Waals surface area contributed by atoms with Crippen molar-refractivity contribution in [1.82, 2.24) is 15.0 Å². The van der Waals surface area contributed by atoms with Gasteiger partial charge in [0.2, 0.25) is 0 Å². The molecular weight excluding hydrogens is 303 g/mol. The Kier molecular flexibility index (Phi) is 3.98. The van der Waals surface area contributed by atoms with E-state index in [4.69, 9.17) is 11.6 Å². The van der Waals surface area contributed by atoms with Gasteiger partial charge in [0.15, 0.2) is 5.82 Å². The maximum Gasteiger partial charge on any atom is 0.164 e. The molecule has 3 rings (SSSR count). The number of halogens is 2. The Morgan fingerprint density at radius 3 is 2.68 bits per heavy atom. The average molecular weight is 315 g/mol. The van der Waals surface area contributed by atoms with Crippen LogP contribution in [-0.4, -0.2) is 15.0 Å². The van der Waals surface area contributed by atoms with Gasteiger partial charge < -0.3 is 5.32 Å². The summed E-state index contributed by atoms with van der Waals surface area (Å²) in [4.78, 5) is 12.5. The zero-order valence-corrected chi connectivity index (χ0v) is 12.5. The highest BCUT2D eigenvalue weighted by atomic mass is 35.5. The molecule has 0 saturated carbocycles. The minimum atomic E-state index is -0.414. The molecule has 0 aliphatic heterocycles. The van der Waals surface area contributed by atoms with Gasteiger partial charge in [-0.1, -0.05) is 11.6 Å². The standard InChI is InChI=1S/C16H12ClFN4/c1-10-9-20-16(13-8-11(17)2-3-14(13)18)22-15(10)21-12-4-6-19-7-5-12/h2-9H,1H3,(H,19,20,21,22). The van der Waals surface area contributed by atoms with E-state index in [0.717, 1.165) is 11.3 Å². The van der Waals surface area contributed by atoms with Crippen molar-refractivity contribution in [2.75, 3.05) is 5.32 Å². The summed E-state index contributed by atoms with van der Waals surface area (Å²) >= 11 is 5.92. The van der Waals surface area contributed by atoms with Crippen LogP contribution in [-0.2, 0) is 0 Å². The number of rotatable bonds is 3. The Morgan fingerprint density at radius 1 is 1.14 bits per heavy atom. The first kappa shape index (κ1) is 14.4. The fourth-order valence-corrected chi connectivity index (χ4v) is 2.11. The number of nitrogens with zero attached hydrogens (tertiary/aromatic N) is 3. The highest BCUT2D eigenvalue weighted by Crippen LogP contribution is 2.26. The summed E-state index contributed by atoms with van der Waals surface area (Å²) in [6.07, 6.45) is 5.00. The van der Waals surface area contributed by atoms with Gasteiger partial charge in [0.25, 0.3) is 0 Å². The van der Waals surface area contributed by atoms with Crippen LogP contribution in [0.1, 0.15) is 5.56 Å². The molecule has 6 heteroatoms. The first-order valence-electron chi connectivity index (χ1n) is 6.59. The monoisotopic (exact) mass is 314 g/mol. The predicted octanol–water partition coefficient (Wildman–Crippen LogP) is 4.38. The van der Waals surface area contributed by atoms with Gasteiger partial charge in [0.1, 0.15) is 11.6 Å². The molecule has 0 fully saturated rings. The molecule has 110 valence electrons. The Morgan fingerprint density at radius 2 is 1.91 bits per heavy atom. The molecule has 0 saturated heterocycles. The Bertz CT molecular complexity index is 808. The first-order chi connectivity index (χ1) is 10.6. The second-order valence-electron chi connectivity index (χ2n) is 4.71. The van der Waals surface area contributed by atoms with Crippen LogP contribution in [0.4, 0.5) is 15.9 Å². The molecule has 22 heavy (non-hydrogen) atoms. The molecule has 4 nitrogen and oxygen atoms in total. The third-order valence-corrected chi connectivity index (χ3v) is 3.32. The molecule has 0 spiro atoms. The van der Waals surface area contributed by atoms with E-state index in [0.29, 0.717) is 10.8 Å². The summed E-state index contributed by atoms with van der Waals surface area (Å²) in [5.74, 6) is 0.473. The minimum absolute atomic E-state index is 0.269. The largest absolute Gasteiger partial charge is 0.340 e. The van der Waals surface area contributed by atoms with Crippen molar-refractivity contribution >= 4 is 23.1 Å². The number of benzene rings is 1. The summed E-state index contributed by atoms with van der Waals surface area (Å²) in [6, 6.07) is 7.95. The Hall–Kier alpha value is -2.53. The van der Waals surface area contributed by atoms with Crippen molar-refractivity contribution in [3.63, 3.8) is 0 Å². The molecule has 0 bridgehead atoms. The van der Waals surface area contributed by atoms with Gasteiger partial charge in [-0.05, 0) is 37.3 Å². The molecule has 2 aromatic heterocycles. The van der Waals surface area contributed by atoms with Gasteiger partial charge in [-0.3, -0.25) is 4.98 Å². The van der Waals surface area contributed by atoms with Crippen molar-refractivity contribution in [2.24, 2.45) is 0 Å². The lowest BCUT2D eigenvalue weighted by Gasteiger charge is -2.10. The van der Waals surface area contributed by atoms with Crippen molar-refractivity contribution < 1.29 is 4.39 Å². The summed E-state index contributed by atoms with van der Waals surface area (Å²) in [5, 5.41) is 3.60. The molecule has 1 N–H and O–H groups in total. The maximum absolute atomic E-state index is 13.9. The second kappa shape index (κ2) is 6.07. The van der Waals surface area contributed by atoms with E-state index in [9.17, 15) is 4.39 Å². The van der Waals surface area contributed by atoms with Crippen LogP contribution in [0.15, 0.2) is 48.9 Å². The fraction of sp³-hybridized carbons (Fsp3) is 0.0625. The van der Waals surface area contributed by atoms with E-state index in [-0.39, 0.29) is 11.4 Å². The highest BCUT2D eigenvalue weighted by Gasteiger charge is 2.11. The molecular formula is C16H12ClFN4. The lowest BCUT2D eigenvalue weighted by molar-refractivity contribution is 0.630. The number of pyridine rings is 1. The maximum atomic E-state index is 13.9. The van der Waals surface area contributed by atoms with E-state index in [2.05, 4.69) is 20.3 Å². The lowest BCUT2D eigenvalue weighted by atomic mass is 10.2. The van der Waals surface area contributed by atoms with E-state index in [1.54, 1.807) is 18.6 Å². The Balaban J connectivity index is 2.01. The SMILES string of the molecule is Cc1cnc(-c2cc(Cl)ccc2F)nc1Nc1ccncc1. The van der Waals surface area contributed by atoms with Gasteiger partial charge in [-0.2, -0.15) is 0 Å². The zero-order chi connectivity index (χ0) is 15.5. The topological polar surface area (TPSA) is 50.7 Å². The number of anilines is 2. The van der Waals surface area contributed by atoms with Crippen molar-refractivity contribution in [3.8, 4) is 11.4 Å². The van der Waals surface area contributed by atoms with Crippen molar-refractivity contribution in [1.29, 1.82) is 0 Å². The van der Waals surface area contributed by atoms with Gasteiger partial charge >= 0.3 is 0 Å². The van der Waals surface area contributed by atoms with E-state index >= 15 is 0 Å². The van der Waals surface area contributed by atoms with Crippen LogP contribution in [0.25, 0.3) is 11.4 Å². The molecule has 3 aromatic rings. The van der Waals surface area contributed by atoms with Crippen LogP contribution in [0, 0.1) is 12.7 Å². The molecule has 0 unspecified atom stereocenters. The summed E-state index contributed by atoms with van der Waals surface area (Å²) in [7, 11) is 0. The number of aryl methyl sites for hydroxylation is 1. The van der Waals surface area contributed by atoms with E-state index in [1.165, 1.54) is 18.2 Å². The molecule has 0 aliphatic rings. The summed E-state index contributed by atoms with van der Waals surface area (Å²) in [6.45, 7) is 1.88. The molecule has 0 atom stereocenters. The fourth-order valence-electron chi connectivity index (χ4n) is 1.94. The van der Waals surface area contributed by atoms with Gasteiger partial charge in [-0.15, -0.1) is 0 Å². The third kappa shape index (κ3) is 3.04. The molecule has 2 heterocycles. The van der Waals surface area contributed by atoms with Crippen LogP contribution in [0.5, 0.6) is 0 Å². The highest BCUT2D eigenvalue weighted by molar-refractivity contribution is 6.30. The first-order valence-corrected chi connectivity index (χ1v) is 6.97. The lowest BCUT2D eigenvalue weighted by Crippen LogP contribution is -2.01. The zero-order valence-electron chi connectivity index (χ0n) is 11.7. The van der Waals surface area contributed by atoms with Crippen molar-refractivity contribution in [3.05, 3.63) is 65.3 Å². The molecule has 0 radical (unpaired) electrons. The average Bonchev–Trinajstić information content (AvgIpc) is 2.53. The molecule has 1 aromatic carbocycles. The minimum Gasteiger partial charge on any atom is -0.340 e. The molecule has 0 aliphatic carbocycles. The number of aromatic nitrogens is 3. The normalized spacial score (nSPS) is 10.5. The Labute approximate surface area is 132 Å². The third-order valence-electron chi connectivity index (χ3n) is 3.08. The summed E-state index contributed by atoms with van der Waals surface area (Å²) in [5.41, 5.74) is 1.96. The summed E-state index contributed by atoms with van der Waals surface area (Å²) < 4.78 is 13.9. The van der Waals surface area contributed by atoms with Gasteiger partial charge in [-0.25, -0.2) is 14.4 Å². The number of hydrogen-bond donors (Lipinski definition) is 1. The van der Waals surface area contributed by atoms with Crippen LogP contribution < -0.4 is 5.32 Å². The predicted molar refractivity (Wildman–Crippen MR) is 84.7 cm³/mol. The van der Waals surface area contributed by atoms with Gasteiger partial charge in [0, 0.05) is 34.9 Å². The number of hydrogen-bond acceptors (Lipinski definition) is 4. The second-order valence-corrected chi connectivity index (χ2v) is 5.15. The number of nitrogens with one attached hydrogen (secondary N) is 1. The van der Waals surface area contributed by atoms with Crippen molar-refractivity contribution in [2.45, 2.75) is 6.92 Å². The van der Waals surface area contributed by atoms with E-state index in [1.807, 2.05) is 19.1 Å². The molecule has 0 amide bonds.